The zero-order valence-electron chi connectivity index (χ0n) is 15.0. The minimum absolute atomic E-state index is 0.0137. The number of rotatable bonds is 4. The van der Waals surface area contributed by atoms with Crippen molar-refractivity contribution in [3.8, 4) is 0 Å². The first-order valence-corrected chi connectivity index (χ1v) is 9.08. The first-order chi connectivity index (χ1) is 12.2. The molecule has 0 bridgehead atoms. The maximum Gasteiger partial charge on any atom is 0.109 e. The Labute approximate surface area is 150 Å². The number of nitrogens with zero attached hydrogens (tertiary/aromatic N) is 1. The molecule has 1 atom stereocenters. The zero-order chi connectivity index (χ0) is 17.2. The van der Waals surface area contributed by atoms with Crippen molar-refractivity contribution < 1.29 is 4.74 Å². The lowest BCUT2D eigenvalue weighted by atomic mass is 9.92. The molecule has 0 amide bonds. The molecule has 2 heteroatoms. The maximum atomic E-state index is 6.49. The van der Waals surface area contributed by atoms with Gasteiger partial charge in [0.05, 0.1) is 6.61 Å². The van der Waals surface area contributed by atoms with Crippen molar-refractivity contribution in [3.63, 3.8) is 0 Å². The van der Waals surface area contributed by atoms with Crippen LogP contribution in [0.25, 0.3) is 10.8 Å². The number of fused-ring (bicyclic) bond motifs is 4. The van der Waals surface area contributed by atoms with Crippen LogP contribution in [0.15, 0.2) is 60.7 Å². The van der Waals surface area contributed by atoms with E-state index in [4.69, 9.17) is 4.74 Å². The van der Waals surface area contributed by atoms with Crippen molar-refractivity contribution in [3.05, 3.63) is 82.9 Å². The van der Waals surface area contributed by atoms with Crippen LogP contribution in [0, 0.1) is 0 Å². The Morgan fingerprint density at radius 3 is 2.52 bits per heavy atom. The van der Waals surface area contributed by atoms with Crippen molar-refractivity contribution in [1.82, 2.24) is 4.90 Å². The summed E-state index contributed by atoms with van der Waals surface area (Å²) in [6, 6.07) is 22.0. The highest BCUT2D eigenvalue weighted by Gasteiger charge is 2.25. The summed E-state index contributed by atoms with van der Waals surface area (Å²) in [5.74, 6) is 0. The SMILES string of the molecule is CN(C)CCO[C@H]1c2ccccc2CCc2ccc3ccccc3c21. The van der Waals surface area contributed by atoms with Gasteiger partial charge in [0, 0.05) is 6.54 Å². The van der Waals surface area contributed by atoms with E-state index in [2.05, 4.69) is 79.7 Å². The lowest BCUT2D eigenvalue weighted by Crippen LogP contribution is -2.20. The second-order valence-electron chi connectivity index (χ2n) is 7.11. The molecular formula is C23H25NO. The van der Waals surface area contributed by atoms with Crippen LogP contribution in [0.4, 0.5) is 0 Å². The summed E-state index contributed by atoms with van der Waals surface area (Å²) >= 11 is 0. The van der Waals surface area contributed by atoms with Crippen molar-refractivity contribution in [2.24, 2.45) is 0 Å². The minimum Gasteiger partial charge on any atom is -0.367 e. The molecule has 0 fully saturated rings. The molecule has 2 nitrogen and oxygen atoms in total. The quantitative estimate of drug-likeness (QED) is 0.692. The van der Waals surface area contributed by atoms with Crippen molar-refractivity contribution in [2.75, 3.05) is 27.2 Å². The summed E-state index contributed by atoms with van der Waals surface area (Å²) in [5.41, 5.74) is 5.53. The molecule has 0 radical (unpaired) electrons. The molecule has 0 N–H and O–H groups in total. The fraction of sp³-hybridized carbons (Fsp3) is 0.304. The fourth-order valence-electron chi connectivity index (χ4n) is 3.84. The molecule has 0 aromatic heterocycles. The van der Waals surface area contributed by atoms with Crippen LogP contribution < -0.4 is 0 Å². The number of hydrogen-bond donors (Lipinski definition) is 0. The van der Waals surface area contributed by atoms with Gasteiger partial charge in [0.15, 0.2) is 0 Å². The molecule has 0 spiro atoms. The van der Waals surface area contributed by atoms with E-state index in [0.717, 1.165) is 26.0 Å². The third-order valence-corrected chi connectivity index (χ3v) is 5.15. The average molecular weight is 331 g/mol. The number of ether oxygens (including phenoxy) is 1. The molecule has 1 aliphatic rings. The second-order valence-corrected chi connectivity index (χ2v) is 7.11. The molecule has 0 saturated heterocycles. The molecule has 1 aliphatic carbocycles. The van der Waals surface area contributed by atoms with Gasteiger partial charge < -0.3 is 9.64 Å². The Kier molecular flexibility index (Phi) is 4.56. The lowest BCUT2D eigenvalue weighted by molar-refractivity contribution is 0.0692. The largest absolute Gasteiger partial charge is 0.367 e. The van der Waals surface area contributed by atoms with Crippen LogP contribution in [0.2, 0.25) is 0 Å². The molecule has 3 aromatic carbocycles. The number of benzene rings is 3. The average Bonchev–Trinajstić information content (AvgIpc) is 2.79. The van der Waals surface area contributed by atoms with Gasteiger partial charge in [-0.15, -0.1) is 0 Å². The van der Waals surface area contributed by atoms with E-state index in [9.17, 15) is 0 Å². The fourth-order valence-corrected chi connectivity index (χ4v) is 3.84. The molecule has 0 aliphatic heterocycles. The van der Waals surface area contributed by atoms with E-state index in [1.54, 1.807) is 0 Å². The Morgan fingerprint density at radius 1 is 0.880 bits per heavy atom. The van der Waals surface area contributed by atoms with Gasteiger partial charge in [-0.05, 0) is 60.0 Å². The molecule has 25 heavy (non-hydrogen) atoms. The van der Waals surface area contributed by atoms with Gasteiger partial charge in [-0.3, -0.25) is 0 Å². The molecule has 3 aromatic rings. The topological polar surface area (TPSA) is 12.5 Å². The summed E-state index contributed by atoms with van der Waals surface area (Å²) in [6.07, 6.45) is 2.17. The maximum absolute atomic E-state index is 6.49. The highest BCUT2D eigenvalue weighted by atomic mass is 16.5. The van der Waals surface area contributed by atoms with Gasteiger partial charge in [-0.1, -0.05) is 60.7 Å². The van der Waals surface area contributed by atoms with Crippen molar-refractivity contribution in [2.45, 2.75) is 18.9 Å². The first-order valence-electron chi connectivity index (χ1n) is 9.08. The van der Waals surface area contributed by atoms with Gasteiger partial charge in [-0.2, -0.15) is 0 Å². The van der Waals surface area contributed by atoms with E-state index in [1.165, 1.54) is 33.0 Å². The summed E-state index contributed by atoms with van der Waals surface area (Å²) in [7, 11) is 4.18. The number of likely N-dealkylation sites (N-methyl/N-ethyl adjacent to an activating group) is 1. The van der Waals surface area contributed by atoms with E-state index >= 15 is 0 Å². The third-order valence-electron chi connectivity index (χ3n) is 5.15. The normalized spacial score (nSPS) is 16.5. The third kappa shape index (κ3) is 3.20. The van der Waals surface area contributed by atoms with E-state index in [-0.39, 0.29) is 6.10 Å². The summed E-state index contributed by atoms with van der Waals surface area (Å²) in [4.78, 5) is 2.17. The van der Waals surface area contributed by atoms with Gasteiger partial charge in [0.25, 0.3) is 0 Å². The first kappa shape index (κ1) is 16.3. The smallest absolute Gasteiger partial charge is 0.109 e. The summed E-state index contributed by atoms with van der Waals surface area (Å²) in [6.45, 7) is 1.66. The monoisotopic (exact) mass is 331 g/mol. The van der Waals surface area contributed by atoms with Crippen molar-refractivity contribution in [1.29, 1.82) is 0 Å². The van der Waals surface area contributed by atoms with E-state index in [0.29, 0.717) is 0 Å². The molecule has 0 unspecified atom stereocenters. The predicted molar refractivity (Wildman–Crippen MR) is 104 cm³/mol. The van der Waals surface area contributed by atoms with Crippen LogP contribution in [0.1, 0.15) is 28.4 Å². The van der Waals surface area contributed by atoms with Crippen LogP contribution >= 0.6 is 0 Å². The Bertz CT molecular complexity index is 884. The minimum atomic E-state index is 0.0137. The number of hydrogen-bond acceptors (Lipinski definition) is 2. The van der Waals surface area contributed by atoms with Gasteiger partial charge in [-0.25, -0.2) is 0 Å². The lowest BCUT2D eigenvalue weighted by Gasteiger charge is -2.23. The van der Waals surface area contributed by atoms with Gasteiger partial charge in [0.1, 0.15) is 6.10 Å². The van der Waals surface area contributed by atoms with Crippen LogP contribution in [-0.2, 0) is 17.6 Å². The predicted octanol–water partition coefficient (Wildman–Crippen LogP) is 4.61. The van der Waals surface area contributed by atoms with E-state index in [1.807, 2.05) is 0 Å². The van der Waals surface area contributed by atoms with Crippen LogP contribution in [-0.4, -0.2) is 32.1 Å². The molecular weight excluding hydrogens is 306 g/mol. The van der Waals surface area contributed by atoms with Crippen LogP contribution in [0.5, 0.6) is 0 Å². The van der Waals surface area contributed by atoms with E-state index < -0.39 is 0 Å². The highest BCUT2D eigenvalue weighted by molar-refractivity contribution is 5.87. The van der Waals surface area contributed by atoms with Crippen molar-refractivity contribution >= 4 is 10.8 Å². The molecule has 0 saturated carbocycles. The Hall–Kier alpha value is -2.16. The van der Waals surface area contributed by atoms with Gasteiger partial charge >= 0.3 is 0 Å². The van der Waals surface area contributed by atoms with Crippen LogP contribution in [0.3, 0.4) is 0 Å². The second kappa shape index (κ2) is 6.99. The highest BCUT2D eigenvalue weighted by Crippen LogP contribution is 2.39. The Balaban J connectivity index is 1.86. The zero-order valence-corrected chi connectivity index (χ0v) is 15.0. The number of aryl methyl sites for hydroxylation is 2. The molecule has 0 heterocycles. The molecule has 128 valence electrons. The summed E-state index contributed by atoms with van der Waals surface area (Å²) < 4.78 is 6.49. The molecule has 4 rings (SSSR count). The van der Waals surface area contributed by atoms with Gasteiger partial charge in [0.2, 0.25) is 0 Å². The summed E-state index contributed by atoms with van der Waals surface area (Å²) in [5, 5.41) is 2.62. The Morgan fingerprint density at radius 2 is 1.64 bits per heavy atom. The standard InChI is InChI=1S/C23H25NO/c1-24(2)15-16-25-23-21-10-6-4-8-18(21)12-14-19-13-11-17-7-3-5-9-20(17)22(19)23/h3-11,13,23H,12,14-16H2,1-2H3/t23-/m0/s1.